The zero-order chi connectivity index (χ0) is 15.5. The topological polar surface area (TPSA) is 38.5 Å². The highest BCUT2D eigenvalue weighted by molar-refractivity contribution is 7.92. The normalized spacial score (nSPS) is 12.6. The van der Waals surface area contributed by atoms with Gasteiger partial charge in [-0.2, -0.15) is 0 Å². The maximum Gasteiger partial charge on any atom is 0.329 e. The van der Waals surface area contributed by atoms with Crippen LogP contribution in [-0.2, 0) is 16.3 Å². The van der Waals surface area contributed by atoms with Crippen molar-refractivity contribution in [1.82, 2.24) is 0 Å². The van der Waals surface area contributed by atoms with Crippen molar-refractivity contribution in [3.63, 3.8) is 0 Å². The van der Waals surface area contributed by atoms with Gasteiger partial charge in [0.2, 0.25) is 0 Å². The van der Waals surface area contributed by atoms with E-state index in [4.69, 9.17) is 18.2 Å². The first kappa shape index (κ1) is 15.6. The Morgan fingerprint density at radius 3 is 2.19 bits per heavy atom. The molecule has 2 rings (SSSR count). The van der Waals surface area contributed by atoms with Crippen LogP contribution in [0.5, 0.6) is 0 Å². The van der Waals surface area contributed by atoms with Crippen LogP contribution in [0.2, 0.25) is 5.02 Å². The molecular weight excluding hydrogens is 306 g/mol. The Balaban J connectivity index is 2.30. The molecule has 0 saturated heterocycles. The minimum atomic E-state index is -3.66. The number of aryl methyl sites for hydroxylation is 1. The molecule has 21 heavy (non-hydrogen) atoms. The smallest absolute Gasteiger partial charge is 0.296 e. The molecule has 0 saturated carbocycles. The summed E-state index contributed by atoms with van der Waals surface area (Å²) in [5.41, 5.74) is 1.75. The molecule has 1 atom stereocenters. The number of rotatable bonds is 4. The molecule has 0 N–H and O–H groups in total. The summed E-state index contributed by atoms with van der Waals surface area (Å²) in [6.45, 7) is 9.10. The summed E-state index contributed by atoms with van der Waals surface area (Å²) in [5.74, 6) is 0. The standard InChI is InChI=1S/C16H14ClNO2S/c1-12-3-9-15(10-4-12)21(19,20)16(18-2)11-13-5-7-14(17)8-6-13/h3-10,16H,11H2,1H3/t16-/m0/s1. The van der Waals surface area contributed by atoms with E-state index in [-0.39, 0.29) is 11.3 Å². The van der Waals surface area contributed by atoms with Crippen LogP contribution in [0.15, 0.2) is 53.4 Å². The Kier molecular flexibility index (Phi) is 4.66. The van der Waals surface area contributed by atoms with Crippen molar-refractivity contribution in [2.24, 2.45) is 0 Å². The van der Waals surface area contributed by atoms with Crippen LogP contribution in [0.25, 0.3) is 4.85 Å². The summed E-state index contributed by atoms with van der Waals surface area (Å²) in [7, 11) is -3.66. The fraction of sp³-hybridized carbons (Fsp3) is 0.188. The van der Waals surface area contributed by atoms with Crippen LogP contribution in [0.4, 0.5) is 0 Å². The number of halogens is 1. The highest BCUT2D eigenvalue weighted by Gasteiger charge is 2.32. The molecule has 0 unspecified atom stereocenters. The summed E-state index contributed by atoms with van der Waals surface area (Å²) >= 11 is 5.80. The van der Waals surface area contributed by atoms with Crippen molar-refractivity contribution in [2.75, 3.05) is 0 Å². The molecule has 3 nitrogen and oxygen atoms in total. The molecule has 0 aliphatic carbocycles. The first-order valence-electron chi connectivity index (χ1n) is 6.35. The molecule has 108 valence electrons. The largest absolute Gasteiger partial charge is 0.329 e. The van der Waals surface area contributed by atoms with E-state index in [1.165, 1.54) is 0 Å². The molecule has 0 spiro atoms. The Labute approximate surface area is 129 Å². The maximum atomic E-state index is 12.5. The molecule has 0 aliphatic heterocycles. The van der Waals surface area contributed by atoms with E-state index >= 15 is 0 Å². The zero-order valence-electron chi connectivity index (χ0n) is 11.5. The number of sulfone groups is 1. The summed E-state index contributed by atoms with van der Waals surface area (Å²) in [4.78, 5) is 3.49. The minimum absolute atomic E-state index is 0.150. The van der Waals surface area contributed by atoms with Gasteiger partial charge in [0.1, 0.15) is 0 Å². The molecule has 0 heterocycles. The molecule has 0 fully saturated rings. The third-order valence-corrected chi connectivity index (χ3v) is 5.34. The summed E-state index contributed by atoms with van der Waals surface area (Å²) in [5, 5.41) is -0.541. The van der Waals surface area contributed by atoms with Crippen molar-refractivity contribution in [3.8, 4) is 0 Å². The van der Waals surface area contributed by atoms with E-state index < -0.39 is 15.2 Å². The molecule has 0 bridgehead atoms. The molecule has 0 amide bonds. The Morgan fingerprint density at radius 1 is 1.10 bits per heavy atom. The Hall–Kier alpha value is -1.83. The Bertz CT molecular complexity index is 759. The van der Waals surface area contributed by atoms with Crippen molar-refractivity contribution in [2.45, 2.75) is 23.6 Å². The van der Waals surface area contributed by atoms with Crippen LogP contribution in [0, 0.1) is 13.5 Å². The van der Waals surface area contributed by atoms with Crippen LogP contribution >= 0.6 is 11.6 Å². The fourth-order valence-electron chi connectivity index (χ4n) is 1.93. The lowest BCUT2D eigenvalue weighted by molar-refractivity contribution is 0.587. The third kappa shape index (κ3) is 3.63. The first-order valence-corrected chi connectivity index (χ1v) is 8.27. The quantitative estimate of drug-likeness (QED) is 0.801. The van der Waals surface area contributed by atoms with E-state index in [1.54, 1.807) is 48.5 Å². The van der Waals surface area contributed by atoms with Crippen LogP contribution in [0.3, 0.4) is 0 Å². The minimum Gasteiger partial charge on any atom is -0.296 e. The van der Waals surface area contributed by atoms with Gasteiger partial charge in [-0.1, -0.05) is 41.4 Å². The number of hydrogen-bond donors (Lipinski definition) is 0. The van der Waals surface area contributed by atoms with Gasteiger partial charge in [0.05, 0.1) is 11.3 Å². The van der Waals surface area contributed by atoms with Crippen molar-refractivity contribution < 1.29 is 8.42 Å². The summed E-state index contributed by atoms with van der Waals surface area (Å²) < 4.78 is 25.0. The second-order valence-electron chi connectivity index (χ2n) is 4.77. The van der Waals surface area contributed by atoms with Crippen molar-refractivity contribution >= 4 is 21.4 Å². The predicted molar refractivity (Wildman–Crippen MR) is 83.9 cm³/mol. The van der Waals surface area contributed by atoms with E-state index in [0.29, 0.717) is 5.02 Å². The average Bonchev–Trinajstić information content (AvgIpc) is 2.47. The third-order valence-electron chi connectivity index (χ3n) is 3.18. The molecule has 2 aromatic carbocycles. The highest BCUT2D eigenvalue weighted by Crippen LogP contribution is 2.21. The lowest BCUT2D eigenvalue weighted by Gasteiger charge is -2.08. The first-order chi connectivity index (χ1) is 9.93. The average molecular weight is 320 g/mol. The van der Waals surface area contributed by atoms with Gasteiger partial charge in [0.15, 0.2) is 0 Å². The maximum absolute atomic E-state index is 12.5. The van der Waals surface area contributed by atoms with Gasteiger partial charge in [-0.3, -0.25) is 4.85 Å². The number of hydrogen-bond acceptors (Lipinski definition) is 2. The van der Waals surface area contributed by atoms with Gasteiger partial charge in [0.25, 0.3) is 9.84 Å². The SMILES string of the molecule is [C-]#[N+][C@H](Cc1ccc(Cl)cc1)S(=O)(=O)c1ccc(C)cc1. The van der Waals surface area contributed by atoms with E-state index in [0.717, 1.165) is 11.1 Å². The van der Waals surface area contributed by atoms with Crippen molar-refractivity contribution in [1.29, 1.82) is 0 Å². The second kappa shape index (κ2) is 6.30. The van der Waals surface area contributed by atoms with Crippen LogP contribution in [0.1, 0.15) is 11.1 Å². The molecule has 2 aromatic rings. The highest BCUT2D eigenvalue weighted by atomic mass is 35.5. The molecule has 5 heteroatoms. The molecule has 0 radical (unpaired) electrons. The van der Waals surface area contributed by atoms with Crippen LogP contribution < -0.4 is 0 Å². The van der Waals surface area contributed by atoms with Gasteiger partial charge >= 0.3 is 5.37 Å². The predicted octanol–water partition coefficient (Wildman–Crippen LogP) is 3.91. The van der Waals surface area contributed by atoms with Gasteiger partial charge in [-0.15, -0.1) is 0 Å². The fourth-order valence-corrected chi connectivity index (χ4v) is 3.44. The van der Waals surface area contributed by atoms with E-state index in [9.17, 15) is 8.42 Å². The van der Waals surface area contributed by atoms with Gasteiger partial charge < -0.3 is 0 Å². The lowest BCUT2D eigenvalue weighted by atomic mass is 10.1. The van der Waals surface area contributed by atoms with Crippen LogP contribution in [-0.4, -0.2) is 13.8 Å². The number of benzene rings is 2. The molecular formula is C16H14ClNO2S. The summed E-state index contributed by atoms with van der Waals surface area (Å²) in [6, 6.07) is 13.4. The van der Waals surface area contributed by atoms with E-state index in [2.05, 4.69) is 4.85 Å². The summed E-state index contributed by atoms with van der Waals surface area (Å²) in [6.07, 6.45) is 0.150. The van der Waals surface area contributed by atoms with Crippen molar-refractivity contribution in [3.05, 3.63) is 76.1 Å². The Morgan fingerprint density at radius 2 is 1.67 bits per heavy atom. The van der Waals surface area contributed by atoms with Gasteiger partial charge in [-0.05, 0) is 36.8 Å². The second-order valence-corrected chi connectivity index (χ2v) is 7.31. The van der Waals surface area contributed by atoms with Gasteiger partial charge in [0, 0.05) is 5.02 Å². The molecule has 0 aromatic heterocycles. The van der Waals surface area contributed by atoms with Gasteiger partial charge in [-0.25, -0.2) is 15.0 Å². The molecule has 0 aliphatic rings. The monoisotopic (exact) mass is 319 g/mol. The lowest BCUT2D eigenvalue weighted by Crippen LogP contribution is -2.20. The number of nitrogens with zero attached hydrogens (tertiary/aromatic N) is 1. The zero-order valence-corrected chi connectivity index (χ0v) is 13.0. The van der Waals surface area contributed by atoms with E-state index in [1.807, 2.05) is 6.92 Å².